The van der Waals surface area contributed by atoms with E-state index in [0.717, 1.165) is 0 Å². The van der Waals surface area contributed by atoms with Gasteiger partial charge in [-0.1, -0.05) is 11.8 Å². The van der Waals surface area contributed by atoms with Crippen LogP contribution in [0.25, 0.3) is 0 Å². The van der Waals surface area contributed by atoms with Crippen molar-refractivity contribution in [2.75, 3.05) is 0 Å². The maximum Gasteiger partial charge on any atom is 0.307 e. The number of terminal acetylenes is 2. The highest BCUT2D eigenvalue weighted by Crippen LogP contribution is 2.12. The van der Waals surface area contributed by atoms with Gasteiger partial charge in [-0.15, -0.1) is 12.8 Å². The monoisotopic (exact) mass is 264 g/mol. The van der Waals surface area contributed by atoms with Crippen LogP contribution >= 0.6 is 0 Å². The third-order valence-corrected chi connectivity index (χ3v) is 2.19. The van der Waals surface area contributed by atoms with Gasteiger partial charge in [-0.3, -0.25) is 9.59 Å². The summed E-state index contributed by atoms with van der Waals surface area (Å²) in [6.07, 6.45) is 10.9. The third-order valence-electron chi connectivity index (χ3n) is 2.19. The number of ether oxygens (including phenoxy) is 2. The first kappa shape index (κ1) is 17.1. The third kappa shape index (κ3) is 7.89. The van der Waals surface area contributed by atoms with Crippen LogP contribution in [0.2, 0.25) is 0 Å². The Morgan fingerprint density at radius 1 is 0.895 bits per heavy atom. The lowest BCUT2D eigenvalue weighted by Crippen LogP contribution is -2.27. The molecule has 0 heterocycles. The van der Waals surface area contributed by atoms with Gasteiger partial charge in [0.25, 0.3) is 0 Å². The molecule has 0 aromatic carbocycles. The zero-order chi connectivity index (χ0) is 15.1. The normalized spacial score (nSPS) is 11.1. The number of rotatable bonds is 6. The summed E-state index contributed by atoms with van der Waals surface area (Å²) in [4.78, 5) is 22.9. The van der Waals surface area contributed by atoms with Crippen molar-refractivity contribution in [2.45, 2.75) is 58.2 Å². The van der Waals surface area contributed by atoms with Gasteiger partial charge in [0.05, 0.1) is 0 Å². The minimum atomic E-state index is -0.928. The number of carbonyl (C=O) groups is 2. The summed E-state index contributed by atoms with van der Waals surface area (Å²) in [5, 5.41) is 0. The van der Waals surface area contributed by atoms with Crippen molar-refractivity contribution in [1.29, 1.82) is 0 Å². The van der Waals surface area contributed by atoms with Gasteiger partial charge in [0.2, 0.25) is 0 Å². The summed E-state index contributed by atoms with van der Waals surface area (Å²) < 4.78 is 10.1. The Labute approximate surface area is 114 Å². The van der Waals surface area contributed by atoms with Gasteiger partial charge in [0.1, 0.15) is 0 Å². The van der Waals surface area contributed by atoms with E-state index in [4.69, 9.17) is 22.3 Å². The predicted molar refractivity (Wildman–Crippen MR) is 71.9 cm³/mol. The quantitative estimate of drug-likeness (QED) is 0.544. The molecule has 0 aromatic rings. The van der Waals surface area contributed by atoms with E-state index in [-0.39, 0.29) is 12.8 Å². The molecule has 0 atom stereocenters. The van der Waals surface area contributed by atoms with Gasteiger partial charge < -0.3 is 9.47 Å². The van der Waals surface area contributed by atoms with Crippen molar-refractivity contribution >= 4 is 11.9 Å². The minimum Gasteiger partial charge on any atom is -0.446 e. The topological polar surface area (TPSA) is 52.6 Å². The van der Waals surface area contributed by atoms with Gasteiger partial charge in [0.15, 0.2) is 11.2 Å². The maximum absolute atomic E-state index is 11.4. The van der Waals surface area contributed by atoms with Gasteiger partial charge in [-0.2, -0.15) is 0 Å². The molecule has 19 heavy (non-hydrogen) atoms. The molecule has 0 amide bonds. The Morgan fingerprint density at radius 2 is 1.21 bits per heavy atom. The summed E-state index contributed by atoms with van der Waals surface area (Å²) in [5.41, 5.74) is -1.86. The molecule has 4 nitrogen and oxygen atoms in total. The number of esters is 2. The number of hydrogen-bond acceptors (Lipinski definition) is 4. The molecule has 0 rings (SSSR count). The van der Waals surface area contributed by atoms with Crippen LogP contribution in [-0.2, 0) is 19.1 Å². The van der Waals surface area contributed by atoms with E-state index in [0.29, 0.717) is 6.42 Å². The zero-order valence-corrected chi connectivity index (χ0v) is 11.9. The molecule has 104 valence electrons. The van der Waals surface area contributed by atoms with Crippen LogP contribution in [0, 0.1) is 24.7 Å². The van der Waals surface area contributed by atoms with E-state index < -0.39 is 23.1 Å². The van der Waals surface area contributed by atoms with Crippen molar-refractivity contribution in [3.63, 3.8) is 0 Å². The van der Waals surface area contributed by atoms with E-state index in [1.165, 1.54) is 0 Å². The van der Waals surface area contributed by atoms with Crippen LogP contribution in [0.3, 0.4) is 0 Å². The first-order valence-corrected chi connectivity index (χ1v) is 6.01. The largest absolute Gasteiger partial charge is 0.446 e. The summed E-state index contributed by atoms with van der Waals surface area (Å²) >= 11 is 0. The lowest BCUT2D eigenvalue weighted by atomic mass is 10.1. The fourth-order valence-corrected chi connectivity index (χ4v) is 1.11. The molecule has 0 spiro atoms. The fourth-order valence-electron chi connectivity index (χ4n) is 1.11. The SMILES string of the molecule is C#CC(C)(C)OC(=O)CCCC(=O)OC(C)(C)C#C. The van der Waals surface area contributed by atoms with E-state index >= 15 is 0 Å². The lowest BCUT2D eigenvalue weighted by molar-refractivity contribution is -0.153. The highest BCUT2D eigenvalue weighted by Gasteiger charge is 2.21. The highest BCUT2D eigenvalue weighted by molar-refractivity contribution is 5.73. The summed E-state index contributed by atoms with van der Waals surface area (Å²) in [6, 6.07) is 0. The van der Waals surface area contributed by atoms with Gasteiger partial charge >= 0.3 is 11.9 Å². The van der Waals surface area contributed by atoms with Crippen molar-refractivity contribution in [1.82, 2.24) is 0 Å². The molecule has 0 unspecified atom stereocenters. The van der Waals surface area contributed by atoms with E-state index in [9.17, 15) is 9.59 Å². The first-order chi connectivity index (χ1) is 8.62. The minimum absolute atomic E-state index is 0.108. The molecule has 0 radical (unpaired) electrons. The molecule has 0 saturated heterocycles. The van der Waals surface area contributed by atoms with E-state index in [1.807, 2.05) is 0 Å². The molecule has 0 aliphatic carbocycles. The Morgan fingerprint density at radius 3 is 1.47 bits per heavy atom. The molecule has 0 aliphatic rings. The second kappa shape index (κ2) is 6.85. The van der Waals surface area contributed by atoms with Gasteiger partial charge in [-0.25, -0.2) is 0 Å². The molecule has 4 heteroatoms. The molecule has 0 aliphatic heterocycles. The van der Waals surface area contributed by atoms with Gasteiger partial charge in [0, 0.05) is 12.8 Å². The van der Waals surface area contributed by atoms with Crippen molar-refractivity contribution in [3.05, 3.63) is 0 Å². The number of hydrogen-bond donors (Lipinski definition) is 0. The molecule has 0 bridgehead atoms. The average molecular weight is 264 g/mol. The van der Waals surface area contributed by atoms with Crippen molar-refractivity contribution in [2.24, 2.45) is 0 Å². The van der Waals surface area contributed by atoms with Crippen LogP contribution in [0.1, 0.15) is 47.0 Å². The van der Waals surface area contributed by atoms with E-state index in [2.05, 4.69) is 11.8 Å². The molecular formula is C15H20O4. The Kier molecular flexibility index (Phi) is 6.15. The summed E-state index contributed by atoms with van der Waals surface area (Å²) in [6.45, 7) is 6.48. The van der Waals surface area contributed by atoms with Gasteiger partial charge in [-0.05, 0) is 34.1 Å². The van der Waals surface area contributed by atoms with E-state index in [1.54, 1.807) is 27.7 Å². The summed E-state index contributed by atoms with van der Waals surface area (Å²) in [5.74, 6) is 3.83. The summed E-state index contributed by atoms with van der Waals surface area (Å²) in [7, 11) is 0. The molecule has 0 saturated carbocycles. The Balaban J connectivity index is 4.00. The molecular weight excluding hydrogens is 244 g/mol. The van der Waals surface area contributed by atoms with Crippen LogP contribution < -0.4 is 0 Å². The lowest BCUT2D eigenvalue weighted by Gasteiger charge is -2.19. The predicted octanol–water partition coefficient (Wildman–Crippen LogP) is 2.07. The van der Waals surface area contributed by atoms with Crippen LogP contribution in [0.5, 0.6) is 0 Å². The smallest absolute Gasteiger partial charge is 0.307 e. The fraction of sp³-hybridized carbons (Fsp3) is 0.600. The zero-order valence-electron chi connectivity index (χ0n) is 11.9. The Hall–Kier alpha value is -1.94. The van der Waals surface area contributed by atoms with Crippen molar-refractivity contribution < 1.29 is 19.1 Å². The molecule has 0 aromatic heterocycles. The maximum atomic E-state index is 11.4. The first-order valence-electron chi connectivity index (χ1n) is 6.01. The standard InChI is InChI=1S/C15H20O4/c1-7-14(3,4)18-12(16)10-9-11-13(17)19-15(5,6)8-2/h1-2H,9-11H2,3-6H3. The van der Waals surface area contributed by atoms with Crippen LogP contribution in [0.4, 0.5) is 0 Å². The molecule has 0 N–H and O–H groups in total. The second-order valence-electron chi connectivity index (χ2n) is 5.11. The molecule has 0 fully saturated rings. The highest BCUT2D eigenvalue weighted by atomic mass is 16.6. The number of carbonyl (C=O) groups excluding carboxylic acids is 2. The van der Waals surface area contributed by atoms with Crippen LogP contribution in [0.15, 0.2) is 0 Å². The van der Waals surface area contributed by atoms with Crippen molar-refractivity contribution in [3.8, 4) is 24.7 Å². The second-order valence-corrected chi connectivity index (χ2v) is 5.11. The average Bonchev–Trinajstić information content (AvgIpc) is 2.27. The Bertz CT molecular complexity index is 378. The van der Waals surface area contributed by atoms with Crippen LogP contribution in [-0.4, -0.2) is 23.1 Å².